The van der Waals surface area contributed by atoms with Gasteiger partial charge in [0.15, 0.2) is 5.69 Å². The topological polar surface area (TPSA) is 63.3 Å². The van der Waals surface area contributed by atoms with Crippen molar-refractivity contribution >= 4 is 5.97 Å². The highest BCUT2D eigenvalue weighted by molar-refractivity contribution is 5.86. The number of hydrogen-bond acceptors (Lipinski definition) is 3. The van der Waals surface area contributed by atoms with Crippen LogP contribution in [0.15, 0.2) is 16.5 Å². The van der Waals surface area contributed by atoms with E-state index in [0.717, 1.165) is 5.56 Å². The molecule has 7 heteroatoms. The van der Waals surface area contributed by atoms with Crippen molar-refractivity contribution in [3.05, 3.63) is 40.3 Å². The van der Waals surface area contributed by atoms with Crippen molar-refractivity contribution < 1.29 is 27.5 Å². The number of carboxylic acids is 1. The van der Waals surface area contributed by atoms with Gasteiger partial charge in [-0.25, -0.2) is 9.78 Å². The minimum atomic E-state index is -4.89. The largest absolute Gasteiger partial charge is 0.475 e. The van der Waals surface area contributed by atoms with Crippen molar-refractivity contribution in [2.24, 2.45) is 0 Å². The molecule has 21 heavy (non-hydrogen) atoms. The second-order valence-corrected chi connectivity index (χ2v) is 4.77. The molecule has 0 bridgehead atoms. The zero-order chi connectivity index (χ0) is 15.9. The Labute approximate surface area is 118 Å². The Hall–Kier alpha value is -2.31. The molecule has 4 nitrogen and oxygen atoms in total. The molecule has 0 spiro atoms. The third-order valence-corrected chi connectivity index (χ3v) is 2.98. The van der Waals surface area contributed by atoms with E-state index < -0.39 is 23.6 Å². The van der Waals surface area contributed by atoms with Gasteiger partial charge in [0.05, 0.1) is 0 Å². The molecule has 0 fully saturated rings. The van der Waals surface area contributed by atoms with E-state index in [4.69, 9.17) is 9.52 Å². The first-order chi connectivity index (χ1) is 9.61. The highest BCUT2D eigenvalue weighted by atomic mass is 19.4. The molecule has 0 aliphatic carbocycles. The Morgan fingerprint density at radius 2 is 1.71 bits per heavy atom. The Bertz CT molecular complexity index is 694. The van der Waals surface area contributed by atoms with Crippen LogP contribution in [0.1, 0.15) is 32.9 Å². The van der Waals surface area contributed by atoms with Crippen LogP contribution in [0.4, 0.5) is 13.2 Å². The summed E-state index contributed by atoms with van der Waals surface area (Å²) >= 11 is 0. The fourth-order valence-corrected chi connectivity index (χ4v) is 2.28. The van der Waals surface area contributed by atoms with Crippen molar-refractivity contribution in [3.8, 4) is 11.5 Å². The maximum absolute atomic E-state index is 12.8. The number of aromatic carboxylic acids is 1. The van der Waals surface area contributed by atoms with Gasteiger partial charge >= 0.3 is 12.1 Å². The van der Waals surface area contributed by atoms with Crippen LogP contribution in [0.3, 0.4) is 0 Å². The van der Waals surface area contributed by atoms with Crippen molar-refractivity contribution in [2.45, 2.75) is 26.9 Å². The van der Waals surface area contributed by atoms with Crippen molar-refractivity contribution in [1.82, 2.24) is 4.98 Å². The van der Waals surface area contributed by atoms with E-state index in [9.17, 15) is 18.0 Å². The molecule has 0 saturated heterocycles. The zero-order valence-corrected chi connectivity index (χ0v) is 11.5. The second kappa shape index (κ2) is 4.91. The average molecular weight is 299 g/mol. The number of carboxylic acid groups (broad SMARTS) is 1. The molecule has 0 radical (unpaired) electrons. The molecule has 0 aliphatic rings. The number of halogens is 3. The Balaban J connectivity index is 2.70. The first kappa shape index (κ1) is 15.1. The Morgan fingerprint density at radius 3 is 2.10 bits per heavy atom. The average Bonchev–Trinajstić information content (AvgIpc) is 2.71. The third kappa shape index (κ3) is 2.76. The summed E-state index contributed by atoms with van der Waals surface area (Å²) < 4.78 is 43.3. The van der Waals surface area contributed by atoms with E-state index in [2.05, 4.69) is 4.98 Å². The number of rotatable bonds is 2. The summed E-state index contributed by atoms with van der Waals surface area (Å²) in [4.78, 5) is 14.3. The van der Waals surface area contributed by atoms with E-state index in [1.807, 2.05) is 6.92 Å². The maximum atomic E-state index is 12.8. The monoisotopic (exact) mass is 299 g/mol. The fraction of sp³-hybridized carbons (Fsp3) is 0.286. The van der Waals surface area contributed by atoms with Gasteiger partial charge in [-0.15, -0.1) is 0 Å². The molecular formula is C14H12F3NO3. The minimum Gasteiger partial charge on any atom is -0.475 e. The van der Waals surface area contributed by atoms with E-state index >= 15 is 0 Å². The van der Waals surface area contributed by atoms with Crippen molar-refractivity contribution in [3.63, 3.8) is 0 Å². The SMILES string of the molecule is Cc1cc(C)c(-c2nc(C(F)(F)F)c(C(=O)O)o2)c(C)c1. The predicted molar refractivity (Wildman–Crippen MR) is 68.1 cm³/mol. The highest BCUT2D eigenvalue weighted by Crippen LogP contribution is 2.36. The van der Waals surface area contributed by atoms with Crippen LogP contribution in [-0.2, 0) is 6.18 Å². The lowest BCUT2D eigenvalue weighted by molar-refractivity contribution is -0.141. The van der Waals surface area contributed by atoms with Gasteiger partial charge in [0.2, 0.25) is 11.7 Å². The van der Waals surface area contributed by atoms with Gasteiger partial charge in [0.25, 0.3) is 0 Å². The lowest BCUT2D eigenvalue weighted by atomic mass is 10.00. The first-order valence-electron chi connectivity index (χ1n) is 6.00. The van der Waals surface area contributed by atoms with Gasteiger partial charge < -0.3 is 9.52 Å². The summed E-state index contributed by atoms with van der Waals surface area (Å²) in [5.41, 5.74) is 1.12. The quantitative estimate of drug-likeness (QED) is 0.911. The molecule has 0 aliphatic heterocycles. The zero-order valence-electron chi connectivity index (χ0n) is 11.5. The second-order valence-electron chi connectivity index (χ2n) is 4.77. The summed E-state index contributed by atoms with van der Waals surface area (Å²) in [5.74, 6) is -3.34. The number of alkyl halides is 3. The van der Waals surface area contributed by atoms with Gasteiger partial charge in [-0.3, -0.25) is 0 Å². The number of carbonyl (C=O) groups is 1. The lowest BCUT2D eigenvalue weighted by Gasteiger charge is -2.07. The smallest absolute Gasteiger partial charge is 0.437 e. The first-order valence-corrected chi connectivity index (χ1v) is 6.00. The molecule has 0 atom stereocenters. The molecule has 0 unspecified atom stereocenters. The third-order valence-electron chi connectivity index (χ3n) is 2.98. The van der Waals surface area contributed by atoms with Crippen LogP contribution in [-0.4, -0.2) is 16.1 Å². The molecule has 1 heterocycles. The minimum absolute atomic E-state index is 0.338. The van der Waals surface area contributed by atoms with Crippen LogP contribution in [0.2, 0.25) is 0 Å². The van der Waals surface area contributed by atoms with E-state index in [0.29, 0.717) is 16.7 Å². The van der Waals surface area contributed by atoms with E-state index in [1.165, 1.54) is 0 Å². The van der Waals surface area contributed by atoms with Crippen LogP contribution in [0, 0.1) is 20.8 Å². The Morgan fingerprint density at radius 1 is 1.19 bits per heavy atom. The molecule has 0 saturated carbocycles. The van der Waals surface area contributed by atoms with E-state index in [-0.39, 0.29) is 5.89 Å². The number of benzene rings is 1. The highest BCUT2D eigenvalue weighted by Gasteiger charge is 2.41. The summed E-state index contributed by atoms with van der Waals surface area (Å²) in [6, 6.07) is 3.53. The molecule has 2 rings (SSSR count). The molecule has 0 amide bonds. The van der Waals surface area contributed by atoms with Crippen LogP contribution in [0.25, 0.3) is 11.5 Å². The molecule has 112 valence electrons. The number of aromatic nitrogens is 1. The standard InChI is InChI=1S/C14H12F3NO3/c1-6-4-7(2)9(8(3)5-6)12-18-11(14(15,16)17)10(21-12)13(19)20/h4-5H,1-3H3,(H,19,20). The maximum Gasteiger partial charge on any atom is 0.437 e. The van der Waals surface area contributed by atoms with Crippen molar-refractivity contribution in [2.75, 3.05) is 0 Å². The summed E-state index contributed by atoms with van der Waals surface area (Å²) in [5, 5.41) is 8.84. The molecule has 1 aromatic carbocycles. The Kier molecular flexibility index (Phi) is 3.52. The van der Waals surface area contributed by atoms with E-state index in [1.54, 1.807) is 26.0 Å². The number of hydrogen-bond donors (Lipinski definition) is 1. The fourth-order valence-electron chi connectivity index (χ4n) is 2.28. The van der Waals surface area contributed by atoms with Gasteiger partial charge in [0, 0.05) is 5.56 Å². The molecule has 1 N–H and O–H groups in total. The van der Waals surface area contributed by atoms with Crippen LogP contribution in [0.5, 0.6) is 0 Å². The predicted octanol–water partition coefficient (Wildman–Crippen LogP) is 3.98. The molecular weight excluding hydrogens is 287 g/mol. The van der Waals surface area contributed by atoms with Gasteiger partial charge in [0.1, 0.15) is 0 Å². The number of oxazole rings is 1. The summed E-state index contributed by atoms with van der Waals surface area (Å²) in [7, 11) is 0. The van der Waals surface area contributed by atoms with Crippen molar-refractivity contribution in [1.29, 1.82) is 0 Å². The summed E-state index contributed by atoms with van der Waals surface area (Å²) in [6.45, 7) is 5.25. The summed E-state index contributed by atoms with van der Waals surface area (Å²) in [6.07, 6.45) is -4.89. The normalized spacial score (nSPS) is 11.7. The van der Waals surface area contributed by atoms with Gasteiger partial charge in [-0.1, -0.05) is 17.7 Å². The molecule has 1 aromatic heterocycles. The van der Waals surface area contributed by atoms with Crippen LogP contribution >= 0.6 is 0 Å². The number of nitrogens with zero attached hydrogens (tertiary/aromatic N) is 1. The molecule has 2 aromatic rings. The lowest BCUT2D eigenvalue weighted by Crippen LogP contribution is -2.11. The van der Waals surface area contributed by atoms with Gasteiger partial charge in [-0.05, 0) is 31.9 Å². The van der Waals surface area contributed by atoms with Gasteiger partial charge in [-0.2, -0.15) is 13.2 Å². The van der Waals surface area contributed by atoms with Crippen LogP contribution < -0.4 is 0 Å². The number of aryl methyl sites for hydroxylation is 3.